The van der Waals surface area contributed by atoms with E-state index in [1.54, 1.807) is 36.4 Å². The largest absolute Gasteiger partial charge is 0.326 e. The van der Waals surface area contributed by atoms with E-state index in [-0.39, 0.29) is 6.42 Å². The molecule has 0 saturated heterocycles. The van der Waals surface area contributed by atoms with Crippen LogP contribution in [-0.2, 0) is 9.59 Å². The molecule has 0 aliphatic heterocycles. The van der Waals surface area contributed by atoms with Gasteiger partial charge >= 0.3 is 0 Å². The number of carbonyl (C=O) groups is 2. The number of hydrogen-bond acceptors (Lipinski definition) is 3. The van der Waals surface area contributed by atoms with E-state index in [1.165, 1.54) is 6.07 Å². The summed E-state index contributed by atoms with van der Waals surface area (Å²) in [7, 11) is 0. The molecule has 23 heavy (non-hydrogen) atoms. The fourth-order valence-electron chi connectivity index (χ4n) is 1.76. The molecule has 5 nitrogen and oxygen atoms in total. The van der Waals surface area contributed by atoms with Crippen molar-refractivity contribution in [3.05, 3.63) is 58.1 Å². The minimum Gasteiger partial charge on any atom is -0.326 e. The number of halogens is 2. The van der Waals surface area contributed by atoms with Gasteiger partial charge in [0, 0.05) is 10.7 Å². The van der Waals surface area contributed by atoms with Crippen LogP contribution in [-0.4, -0.2) is 11.8 Å². The van der Waals surface area contributed by atoms with Crippen LogP contribution < -0.4 is 10.6 Å². The number of nitrogens with zero attached hydrogens (tertiary/aromatic N) is 1. The van der Waals surface area contributed by atoms with Gasteiger partial charge in [0.1, 0.15) is 6.42 Å². The summed E-state index contributed by atoms with van der Waals surface area (Å²) in [6, 6.07) is 12.9. The first kappa shape index (κ1) is 16.8. The van der Waals surface area contributed by atoms with Crippen LogP contribution in [0.4, 0.5) is 11.4 Å². The fourth-order valence-corrected chi connectivity index (χ4v) is 2.22. The van der Waals surface area contributed by atoms with Crippen molar-refractivity contribution in [2.75, 3.05) is 10.6 Å². The Morgan fingerprint density at radius 3 is 2.26 bits per heavy atom. The molecule has 0 heterocycles. The molecule has 0 spiro atoms. The predicted octanol–water partition coefficient (Wildman–Crippen LogP) is 3.83. The summed E-state index contributed by atoms with van der Waals surface area (Å²) >= 11 is 11.7. The molecule has 2 rings (SSSR count). The van der Waals surface area contributed by atoms with Crippen LogP contribution in [0.15, 0.2) is 42.5 Å². The van der Waals surface area contributed by atoms with E-state index >= 15 is 0 Å². The number of hydrogen-bond donors (Lipinski definition) is 2. The smallest absolute Gasteiger partial charge is 0.233 e. The highest BCUT2D eigenvalue weighted by atomic mass is 35.5. The van der Waals surface area contributed by atoms with E-state index < -0.39 is 11.8 Å². The van der Waals surface area contributed by atoms with Crippen molar-refractivity contribution in [2.24, 2.45) is 0 Å². The molecule has 0 aliphatic rings. The Labute approximate surface area is 142 Å². The van der Waals surface area contributed by atoms with Gasteiger partial charge < -0.3 is 10.6 Å². The Morgan fingerprint density at radius 1 is 1.00 bits per heavy atom. The normalized spacial score (nSPS) is 9.78. The highest BCUT2D eigenvalue weighted by Crippen LogP contribution is 2.25. The molecule has 116 valence electrons. The molecular weight excluding hydrogens is 337 g/mol. The van der Waals surface area contributed by atoms with Gasteiger partial charge in [0.2, 0.25) is 11.8 Å². The van der Waals surface area contributed by atoms with E-state index in [9.17, 15) is 9.59 Å². The first-order valence-corrected chi connectivity index (χ1v) is 7.28. The molecule has 2 N–H and O–H groups in total. The lowest BCUT2D eigenvalue weighted by Gasteiger charge is -2.08. The Kier molecular flexibility index (Phi) is 5.58. The van der Waals surface area contributed by atoms with E-state index in [0.29, 0.717) is 27.0 Å². The molecule has 2 aromatic carbocycles. The van der Waals surface area contributed by atoms with Crippen molar-refractivity contribution in [2.45, 2.75) is 6.42 Å². The lowest BCUT2D eigenvalue weighted by molar-refractivity contribution is -0.123. The Bertz CT molecular complexity index is 783. The van der Waals surface area contributed by atoms with E-state index in [1.807, 2.05) is 6.07 Å². The number of carbonyl (C=O) groups excluding carboxylic acids is 2. The standard InChI is InChI=1S/C16H11Cl2N3O2/c17-11-3-6-14(13(18)7-11)21-16(23)8-15(22)20-12-4-1-10(9-19)2-5-12/h1-7H,8H2,(H,20,22)(H,21,23). The van der Waals surface area contributed by atoms with E-state index in [4.69, 9.17) is 28.5 Å². The monoisotopic (exact) mass is 347 g/mol. The quantitative estimate of drug-likeness (QED) is 0.824. The zero-order chi connectivity index (χ0) is 16.8. The van der Waals surface area contributed by atoms with Gasteiger partial charge in [-0.05, 0) is 42.5 Å². The molecule has 0 bridgehead atoms. The van der Waals surface area contributed by atoms with Crippen LogP contribution in [0, 0.1) is 11.3 Å². The molecule has 0 aromatic heterocycles. The summed E-state index contributed by atoms with van der Waals surface area (Å²) in [4.78, 5) is 23.7. The second kappa shape index (κ2) is 7.63. The van der Waals surface area contributed by atoms with Crippen molar-refractivity contribution in [1.82, 2.24) is 0 Å². The van der Waals surface area contributed by atoms with Crippen LogP contribution in [0.1, 0.15) is 12.0 Å². The number of rotatable bonds is 4. The molecule has 2 amide bonds. The van der Waals surface area contributed by atoms with Crippen molar-refractivity contribution in [3.8, 4) is 6.07 Å². The number of anilines is 2. The fraction of sp³-hybridized carbons (Fsp3) is 0.0625. The van der Waals surface area contributed by atoms with Gasteiger partial charge in [0.25, 0.3) is 0 Å². The van der Waals surface area contributed by atoms with Crippen LogP contribution >= 0.6 is 23.2 Å². The second-order valence-corrected chi connectivity index (χ2v) is 5.43. The zero-order valence-electron chi connectivity index (χ0n) is 11.8. The SMILES string of the molecule is N#Cc1ccc(NC(=O)CC(=O)Nc2ccc(Cl)cc2Cl)cc1. The predicted molar refractivity (Wildman–Crippen MR) is 89.5 cm³/mol. The minimum atomic E-state index is -0.500. The summed E-state index contributed by atoms with van der Waals surface area (Å²) in [5, 5.41) is 14.5. The summed E-state index contributed by atoms with van der Waals surface area (Å²) in [5.41, 5.74) is 1.37. The van der Waals surface area contributed by atoms with Gasteiger partial charge in [-0.3, -0.25) is 9.59 Å². The third-order valence-corrected chi connectivity index (χ3v) is 3.37. The van der Waals surface area contributed by atoms with Crippen LogP contribution in [0.5, 0.6) is 0 Å². The molecule has 0 aliphatic carbocycles. The molecular formula is C16H11Cl2N3O2. The molecule has 0 unspecified atom stereocenters. The maximum atomic E-state index is 11.8. The lowest BCUT2D eigenvalue weighted by atomic mass is 10.2. The molecule has 0 atom stereocenters. The van der Waals surface area contributed by atoms with Crippen molar-refractivity contribution in [1.29, 1.82) is 5.26 Å². The Hall–Kier alpha value is -2.55. The van der Waals surface area contributed by atoms with Gasteiger partial charge in [0.15, 0.2) is 0 Å². The van der Waals surface area contributed by atoms with Crippen LogP contribution in [0.25, 0.3) is 0 Å². The maximum Gasteiger partial charge on any atom is 0.233 e. The summed E-state index contributed by atoms with van der Waals surface area (Å²) in [6.07, 6.45) is -0.362. The van der Waals surface area contributed by atoms with Gasteiger partial charge in [-0.2, -0.15) is 5.26 Å². The first-order chi connectivity index (χ1) is 11.0. The Morgan fingerprint density at radius 2 is 1.65 bits per heavy atom. The van der Waals surface area contributed by atoms with Gasteiger partial charge in [-0.25, -0.2) is 0 Å². The number of nitriles is 1. The average molecular weight is 348 g/mol. The molecule has 0 saturated carbocycles. The third-order valence-electron chi connectivity index (χ3n) is 2.82. The van der Waals surface area contributed by atoms with Crippen molar-refractivity contribution >= 4 is 46.4 Å². The van der Waals surface area contributed by atoms with Gasteiger partial charge in [0.05, 0.1) is 22.3 Å². The Balaban J connectivity index is 1.91. The third kappa shape index (κ3) is 4.99. The highest BCUT2D eigenvalue weighted by Gasteiger charge is 2.11. The van der Waals surface area contributed by atoms with Crippen molar-refractivity contribution < 1.29 is 9.59 Å². The summed E-state index contributed by atoms with van der Waals surface area (Å²) in [5.74, 6) is -0.974. The number of amides is 2. The van der Waals surface area contributed by atoms with Gasteiger partial charge in [-0.15, -0.1) is 0 Å². The van der Waals surface area contributed by atoms with Crippen molar-refractivity contribution in [3.63, 3.8) is 0 Å². The molecule has 7 heteroatoms. The summed E-state index contributed by atoms with van der Waals surface area (Å²) < 4.78 is 0. The minimum absolute atomic E-state index is 0.290. The lowest BCUT2D eigenvalue weighted by Crippen LogP contribution is -2.21. The van der Waals surface area contributed by atoms with E-state index in [2.05, 4.69) is 10.6 Å². The molecule has 0 radical (unpaired) electrons. The second-order valence-electron chi connectivity index (χ2n) is 4.59. The summed E-state index contributed by atoms with van der Waals surface area (Å²) in [6.45, 7) is 0. The first-order valence-electron chi connectivity index (χ1n) is 6.53. The highest BCUT2D eigenvalue weighted by molar-refractivity contribution is 6.36. The number of nitrogens with one attached hydrogen (secondary N) is 2. The maximum absolute atomic E-state index is 11.8. The molecule has 2 aromatic rings. The molecule has 0 fully saturated rings. The zero-order valence-corrected chi connectivity index (χ0v) is 13.3. The number of benzene rings is 2. The topological polar surface area (TPSA) is 82.0 Å². The van der Waals surface area contributed by atoms with Gasteiger partial charge in [-0.1, -0.05) is 23.2 Å². The average Bonchev–Trinajstić information content (AvgIpc) is 2.50. The van der Waals surface area contributed by atoms with Crippen LogP contribution in [0.2, 0.25) is 10.0 Å². The van der Waals surface area contributed by atoms with E-state index in [0.717, 1.165) is 0 Å². The van der Waals surface area contributed by atoms with Crippen LogP contribution in [0.3, 0.4) is 0 Å².